The maximum Gasteiger partial charge on any atom is 0.244 e. The van der Waals surface area contributed by atoms with Crippen molar-refractivity contribution in [3.8, 4) is 0 Å². The molecule has 0 aliphatic carbocycles. The Morgan fingerprint density at radius 2 is 2.08 bits per heavy atom. The van der Waals surface area contributed by atoms with Crippen LogP contribution in [-0.2, 0) is 21.2 Å². The standard InChI is InChI=1S/C17H20ClN3O3S2/c1-26(23,24)21-9-3-2-4-15(21)16(22)20-17-19-11-14(25-17)10-12-5-7-13(18)8-6-12/h5-8,11,15H,2-4,9-10H2,1H3,(H,19,20,22). The molecule has 0 bridgehead atoms. The van der Waals surface area contributed by atoms with E-state index in [-0.39, 0.29) is 5.91 Å². The lowest BCUT2D eigenvalue weighted by Crippen LogP contribution is -2.49. The molecule has 0 saturated carbocycles. The van der Waals surface area contributed by atoms with Crippen molar-refractivity contribution >= 4 is 44.0 Å². The van der Waals surface area contributed by atoms with Crippen molar-refractivity contribution in [3.05, 3.63) is 45.9 Å². The van der Waals surface area contributed by atoms with Gasteiger partial charge in [-0.25, -0.2) is 13.4 Å². The van der Waals surface area contributed by atoms with Crippen LogP contribution in [0.2, 0.25) is 5.02 Å². The van der Waals surface area contributed by atoms with Crippen LogP contribution in [0, 0.1) is 0 Å². The fourth-order valence-corrected chi connectivity index (χ4v) is 5.10. The smallest absolute Gasteiger partial charge is 0.244 e. The second-order valence-corrected chi connectivity index (χ2v) is 9.80. The van der Waals surface area contributed by atoms with Gasteiger partial charge in [0.2, 0.25) is 15.9 Å². The highest BCUT2D eigenvalue weighted by Gasteiger charge is 2.34. The molecular weight excluding hydrogens is 394 g/mol. The topological polar surface area (TPSA) is 79.4 Å². The minimum absolute atomic E-state index is 0.317. The first-order valence-electron chi connectivity index (χ1n) is 8.30. The minimum atomic E-state index is -3.41. The van der Waals surface area contributed by atoms with Crippen LogP contribution in [0.1, 0.15) is 29.7 Å². The summed E-state index contributed by atoms with van der Waals surface area (Å²) in [5, 5.41) is 3.94. The number of amides is 1. The SMILES string of the molecule is CS(=O)(=O)N1CCCCC1C(=O)Nc1ncc(Cc2ccc(Cl)cc2)s1. The maximum absolute atomic E-state index is 12.6. The highest BCUT2D eigenvalue weighted by Crippen LogP contribution is 2.25. The minimum Gasteiger partial charge on any atom is -0.301 e. The van der Waals surface area contributed by atoms with E-state index in [4.69, 9.17) is 11.6 Å². The Labute approximate surface area is 162 Å². The Morgan fingerprint density at radius 1 is 1.35 bits per heavy atom. The summed E-state index contributed by atoms with van der Waals surface area (Å²) in [5.41, 5.74) is 1.10. The number of carbonyl (C=O) groups excluding carboxylic acids is 1. The summed E-state index contributed by atoms with van der Waals surface area (Å²) >= 11 is 7.28. The third-order valence-corrected chi connectivity index (χ3v) is 6.71. The molecule has 1 N–H and O–H groups in total. The number of nitrogens with one attached hydrogen (secondary N) is 1. The molecule has 2 aromatic rings. The molecule has 1 aromatic carbocycles. The molecule has 1 unspecified atom stereocenters. The van der Waals surface area contributed by atoms with E-state index in [1.807, 2.05) is 24.3 Å². The first-order chi connectivity index (χ1) is 12.3. The fraction of sp³-hybridized carbons (Fsp3) is 0.412. The molecule has 1 fully saturated rings. The summed E-state index contributed by atoms with van der Waals surface area (Å²) in [6, 6.07) is 6.91. The largest absolute Gasteiger partial charge is 0.301 e. The highest BCUT2D eigenvalue weighted by molar-refractivity contribution is 7.88. The number of hydrogen-bond acceptors (Lipinski definition) is 5. The van der Waals surface area contributed by atoms with Crippen molar-refractivity contribution in [2.24, 2.45) is 0 Å². The first kappa shape index (κ1) is 19.3. The lowest BCUT2D eigenvalue weighted by atomic mass is 10.0. The molecule has 140 valence electrons. The number of halogens is 1. The molecule has 0 radical (unpaired) electrons. The predicted octanol–water partition coefficient (Wildman–Crippen LogP) is 3.14. The summed E-state index contributed by atoms with van der Waals surface area (Å²) in [4.78, 5) is 17.8. The summed E-state index contributed by atoms with van der Waals surface area (Å²) in [7, 11) is -3.41. The average Bonchev–Trinajstić information content (AvgIpc) is 3.03. The quantitative estimate of drug-likeness (QED) is 0.816. The Kier molecular flexibility index (Phi) is 5.96. The van der Waals surface area contributed by atoms with E-state index in [1.54, 1.807) is 6.20 Å². The van der Waals surface area contributed by atoms with Crippen LogP contribution in [0.4, 0.5) is 5.13 Å². The van der Waals surface area contributed by atoms with Crippen LogP contribution in [0.15, 0.2) is 30.5 Å². The zero-order valence-corrected chi connectivity index (χ0v) is 16.7. The van der Waals surface area contributed by atoms with Crippen LogP contribution >= 0.6 is 22.9 Å². The van der Waals surface area contributed by atoms with E-state index in [1.165, 1.54) is 15.6 Å². The number of benzene rings is 1. The van der Waals surface area contributed by atoms with Crippen LogP contribution in [0.25, 0.3) is 0 Å². The highest BCUT2D eigenvalue weighted by atomic mass is 35.5. The summed E-state index contributed by atoms with van der Waals surface area (Å²) < 4.78 is 25.1. The molecule has 26 heavy (non-hydrogen) atoms. The number of hydrogen-bond donors (Lipinski definition) is 1. The van der Waals surface area contributed by atoms with Gasteiger partial charge in [0.05, 0.1) is 6.26 Å². The zero-order chi connectivity index (χ0) is 18.7. The molecule has 1 saturated heterocycles. The average molecular weight is 414 g/mol. The van der Waals surface area contributed by atoms with Crippen LogP contribution in [0.3, 0.4) is 0 Å². The van der Waals surface area contributed by atoms with Crippen molar-refractivity contribution in [1.29, 1.82) is 0 Å². The van der Waals surface area contributed by atoms with E-state index < -0.39 is 16.1 Å². The van der Waals surface area contributed by atoms with Gasteiger partial charge in [-0.2, -0.15) is 4.31 Å². The van der Waals surface area contributed by atoms with E-state index >= 15 is 0 Å². The fourth-order valence-electron chi connectivity index (χ4n) is 3.00. The molecular formula is C17H20ClN3O3S2. The van der Waals surface area contributed by atoms with E-state index in [2.05, 4.69) is 10.3 Å². The van der Waals surface area contributed by atoms with Gasteiger partial charge in [-0.05, 0) is 30.5 Å². The Hall–Kier alpha value is -1.48. The van der Waals surface area contributed by atoms with Gasteiger partial charge < -0.3 is 5.32 Å². The van der Waals surface area contributed by atoms with Gasteiger partial charge in [-0.1, -0.05) is 30.2 Å². The predicted molar refractivity (Wildman–Crippen MR) is 104 cm³/mol. The Balaban J connectivity index is 1.66. The van der Waals surface area contributed by atoms with Crippen molar-refractivity contribution < 1.29 is 13.2 Å². The summed E-state index contributed by atoms with van der Waals surface area (Å²) in [6.07, 6.45) is 5.71. The monoisotopic (exact) mass is 413 g/mol. The molecule has 1 aromatic heterocycles. The summed E-state index contributed by atoms with van der Waals surface area (Å²) in [6.45, 7) is 0.386. The summed E-state index contributed by atoms with van der Waals surface area (Å²) in [5.74, 6) is -0.317. The van der Waals surface area contributed by atoms with E-state index in [0.717, 1.165) is 29.5 Å². The molecule has 3 rings (SSSR count). The molecule has 6 nitrogen and oxygen atoms in total. The van der Waals surface area contributed by atoms with Gasteiger partial charge in [0, 0.05) is 29.1 Å². The molecule has 1 aliphatic rings. The van der Waals surface area contributed by atoms with E-state index in [0.29, 0.717) is 29.5 Å². The zero-order valence-electron chi connectivity index (χ0n) is 14.3. The number of carbonyl (C=O) groups is 1. The van der Waals surface area contributed by atoms with Gasteiger partial charge in [0.1, 0.15) is 6.04 Å². The van der Waals surface area contributed by atoms with Crippen molar-refractivity contribution in [2.75, 3.05) is 18.1 Å². The van der Waals surface area contributed by atoms with E-state index in [9.17, 15) is 13.2 Å². The second-order valence-electron chi connectivity index (χ2n) is 6.31. The van der Waals surface area contributed by atoms with Crippen LogP contribution in [-0.4, -0.2) is 42.5 Å². The van der Waals surface area contributed by atoms with Crippen LogP contribution < -0.4 is 5.32 Å². The number of anilines is 1. The van der Waals surface area contributed by atoms with Gasteiger partial charge in [0.25, 0.3) is 0 Å². The number of nitrogens with zero attached hydrogens (tertiary/aromatic N) is 2. The maximum atomic E-state index is 12.6. The molecule has 9 heteroatoms. The van der Waals surface area contributed by atoms with Gasteiger partial charge in [0.15, 0.2) is 5.13 Å². The van der Waals surface area contributed by atoms with Crippen molar-refractivity contribution in [3.63, 3.8) is 0 Å². The number of sulfonamides is 1. The molecule has 1 aliphatic heterocycles. The van der Waals surface area contributed by atoms with Crippen molar-refractivity contribution in [1.82, 2.24) is 9.29 Å². The van der Waals surface area contributed by atoms with Gasteiger partial charge >= 0.3 is 0 Å². The number of aromatic nitrogens is 1. The first-order valence-corrected chi connectivity index (χ1v) is 11.3. The van der Waals surface area contributed by atoms with Crippen molar-refractivity contribution in [2.45, 2.75) is 31.7 Å². The van der Waals surface area contributed by atoms with Crippen LogP contribution in [0.5, 0.6) is 0 Å². The molecule has 1 atom stereocenters. The number of piperidine rings is 1. The number of thiazole rings is 1. The molecule has 1 amide bonds. The molecule has 0 spiro atoms. The third-order valence-electron chi connectivity index (χ3n) is 4.26. The lowest BCUT2D eigenvalue weighted by Gasteiger charge is -2.32. The Bertz CT molecular complexity index is 881. The Morgan fingerprint density at radius 3 is 2.77 bits per heavy atom. The second kappa shape index (κ2) is 8.04. The normalized spacial score (nSPS) is 18.6. The lowest BCUT2D eigenvalue weighted by molar-refractivity contribution is -0.120. The van der Waals surface area contributed by atoms with Gasteiger partial charge in [-0.15, -0.1) is 11.3 Å². The number of rotatable bonds is 5. The van der Waals surface area contributed by atoms with Gasteiger partial charge in [-0.3, -0.25) is 4.79 Å². The third kappa shape index (κ3) is 4.82. The molecule has 2 heterocycles.